The third kappa shape index (κ3) is 2.75. The summed E-state index contributed by atoms with van der Waals surface area (Å²) >= 11 is 0. The minimum atomic E-state index is -1.41. The van der Waals surface area contributed by atoms with Gasteiger partial charge in [0.05, 0.1) is 25.5 Å². The van der Waals surface area contributed by atoms with Crippen molar-refractivity contribution in [3.05, 3.63) is 30.3 Å². The molecule has 1 heterocycles. The van der Waals surface area contributed by atoms with Gasteiger partial charge in [-0.3, -0.25) is 0 Å². The SMILES string of the molecule is COC(=O)N(c1ccccc1)P1OCC(C)O1. The Kier molecular flexibility index (Phi) is 3.94. The fourth-order valence-corrected chi connectivity index (χ4v) is 2.92. The van der Waals surface area contributed by atoms with Gasteiger partial charge in [0.1, 0.15) is 0 Å². The molecule has 17 heavy (non-hydrogen) atoms. The lowest BCUT2D eigenvalue weighted by molar-refractivity contribution is 0.181. The first-order chi connectivity index (χ1) is 8.22. The number of carbonyl (C=O) groups excluding carboxylic acids is 1. The number of anilines is 1. The van der Waals surface area contributed by atoms with Gasteiger partial charge in [-0.1, -0.05) is 18.2 Å². The lowest BCUT2D eigenvalue weighted by Crippen LogP contribution is -2.25. The van der Waals surface area contributed by atoms with Crippen LogP contribution in [0.25, 0.3) is 0 Å². The smallest absolute Gasteiger partial charge is 0.420 e. The van der Waals surface area contributed by atoms with E-state index in [9.17, 15) is 4.79 Å². The molecule has 92 valence electrons. The Morgan fingerprint density at radius 1 is 1.47 bits per heavy atom. The van der Waals surface area contributed by atoms with Crippen LogP contribution in [0, 0.1) is 0 Å². The summed E-state index contributed by atoms with van der Waals surface area (Å²) in [5, 5.41) is 0. The molecule has 5 nitrogen and oxygen atoms in total. The van der Waals surface area contributed by atoms with E-state index in [1.807, 2.05) is 37.3 Å². The molecule has 1 aromatic carbocycles. The van der Waals surface area contributed by atoms with Crippen LogP contribution in [-0.2, 0) is 13.8 Å². The summed E-state index contributed by atoms with van der Waals surface area (Å²) in [6, 6.07) is 9.20. The Hall–Kier alpha value is -1.16. The molecule has 0 aromatic heterocycles. The number of hydrogen-bond donors (Lipinski definition) is 0. The van der Waals surface area contributed by atoms with Crippen LogP contribution in [-0.4, -0.2) is 25.9 Å². The van der Waals surface area contributed by atoms with Crippen molar-refractivity contribution in [1.29, 1.82) is 0 Å². The van der Waals surface area contributed by atoms with Crippen LogP contribution in [0.3, 0.4) is 0 Å². The quantitative estimate of drug-likeness (QED) is 0.762. The lowest BCUT2D eigenvalue weighted by atomic mass is 10.3. The first-order valence-electron chi connectivity index (χ1n) is 5.25. The number of nitrogens with zero attached hydrogens (tertiary/aromatic N) is 1. The first-order valence-corrected chi connectivity index (χ1v) is 6.38. The molecule has 1 aliphatic rings. The van der Waals surface area contributed by atoms with Crippen LogP contribution < -0.4 is 4.67 Å². The van der Waals surface area contributed by atoms with E-state index in [0.717, 1.165) is 0 Å². The Morgan fingerprint density at radius 2 is 2.18 bits per heavy atom. The normalized spacial score (nSPS) is 23.4. The summed E-state index contributed by atoms with van der Waals surface area (Å²) in [6.07, 6.45) is -0.478. The highest BCUT2D eigenvalue weighted by Crippen LogP contribution is 2.51. The van der Waals surface area contributed by atoms with E-state index in [1.165, 1.54) is 11.8 Å². The predicted octanol–water partition coefficient (Wildman–Crippen LogP) is 2.92. The summed E-state index contributed by atoms with van der Waals surface area (Å²) < 4.78 is 17.2. The Bertz CT molecular complexity index is 386. The predicted molar refractivity (Wildman–Crippen MR) is 64.7 cm³/mol. The van der Waals surface area contributed by atoms with Crippen LogP contribution in [0.4, 0.5) is 10.5 Å². The van der Waals surface area contributed by atoms with Gasteiger partial charge in [0.25, 0.3) is 8.53 Å². The molecule has 2 rings (SSSR count). The van der Waals surface area contributed by atoms with Gasteiger partial charge in [-0.05, 0) is 19.1 Å². The van der Waals surface area contributed by atoms with Gasteiger partial charge in [0.2, 0.25) is 0 Å². The highest BCUT2D eigenvalue weighted by Gasteiger charge is 2.35. The van der Waals surface area contributed by atoms with Crippen molar-refractivity contribution >= 4 is 20.3 Å². The number of hydrogen-bond acceptors (Lipinski definition) is 4. The minimum Gasteiger partial charge on any atom is -0.452 e. The van der Waals surface area contributed by atoms with Crippen LogP contribution in [0.15, 0.2) is 30.3 Å². The summed E-state index contributed by atoms with van der Waals surface area (Å²) in [4.78, 5) is 11.8. The number of para-hydroxylation sites is 1. The largest absolute Gasteiger partial charge is 0.452 e. The zero-order valence-electron chi connectivity index (χ0n) is 9.70. The second-order valence-corrected chi connectivity index (χ2v) is 4.91. The number of rotatable bonds is 2. The van der Waals surface area contributed by atoms with Crippen molar-refractivity contribution in [2.75, 3.05) is 18.4 Å². The van der Waals surface area contributed by atoms with Crippen LogP contribution in [0.1, 0.15) is 6.92 Å². The van der Waals surface area contributed by atoms with E-state index in [-0.39, 0.29) is 6.10 Å². The molecule has 1 aromatic rings. The van der Waals surface area contributed by atoms with Crippen molar-refractivity contribution in [3.8, 4) is 0 Å². The molecule has 1 aliphatic heterocycles. The van der Waals surface area contributed by atoms with E-state index in [2.05, 4.69) is 0 Å². The molecule has 0 N–H and O–H groups in total. The summed E-state index contributed by atoms with van der Waals surface area (Å²) in [5.41, 5.74) is 0.708. The van der Waals surface area contributed by atoms with E-state index in [1.54, 1.807) is 0 Å². The van der Waals surface area contributed by atoms with Crippen LogP contribution >= 0.6 is 8.53 Å². The zero-order chi connectivity index (χ0) is 12.3. The molecular weight excluding hydrogens is 241 g/mol. The van der Waals surface area contributed by atoms with E-state index >= 15 is 0 Å². The lowest BCUT2D eigenvalue weighted by Gasteiger charge is -2.24. The molecule has 1 amide bonds. The molecular formula is C11H14NO4P. The Morgan fingerprint density at radius 3 is 2.71 bits per heavy atom. The third-order valence-electron chi connectivity index (χ3n) is 2.20. The van der Waals surface area contributed by atoms with Gasteiger partial charge in [0.15, 0.2) is 0 Å². The number of methoxy groups -OCH3 is 1. The third-order valence-corrected chi connectivity index (χ3v) is 3.83. The maximum Gasteiger partial charge on any atom is 0.420 e. The maximum atomic E-state index is 11.8. The minimum absolute atomic E-state index is 0.00280. The van der Waals surface area contributed by atoms with Gasteiger partial charge < -0.3 is 13.8 Å². The van der Waals surface area contributed by atoms with Crippen LogP contribution in [0.2, 0.25) is 0 Å². The molecule has 0 bridgehead atoms. The second-order valence-electron chi connectivity index (χ2n) is 3.57. The van der Waals surface area contributed by atoms with Crippen molar-refractivity contribution in [1.82, 2.24) is 0 Å². The van der Waals surface area contributed by atoms with E-state index in [0.29, 0.717) is 12.3 Å². The number of ether oxygens (including phenoxy) is 1. The summed E-state index contributed by atoms with van der Waals surface area (Å²) in [5.74, 6) is 0. The zero-order valence-corrected chi connectivity index (χ0v) is 10.6. The van der Waals surface area contributed by atoms with Crippen molar-refractivity contribution in [2.45, 2.75) is 13.0 Å². The highest BCUT2D eigenvalue weighted by atomic mass is 31.2. The van der Waals surface area contributed by atoms with Crippen molar-refractivity contribution in [3.63, 3.8) is 0 Å². The first kappa shape index (κ1) is 12.3. The maximum absolute atomic E-state index is 11.8. The molecule has 1 saturated heterocycles. The second kappa shape index (κ2) is 5.45. The van der Waals surface area contributed by atoms with Gasteiger partial charge >= 0.3 is 6.09 Å². The molecule has 0 aliphatic carbocycles. The van der Waals surface area contributed by atoms with Gasteiger partial charge in [0, 0.05) is 0 Å². The Balaban J connectivity index is 2.23. The standard InChI is InChI=1S/C11H14NO4P/c1-9-8-15-17(16-9)12(11(13)14-2)10-6-4-3-5-7-10/h3-7,9H,8H2,1-2H3. The fraction of sp³-hybridized carbons (Fsp3) is 0.364. The summed E-state index contributed by atoms with van der Waals surface area (Å²) in [7, 11) is -0.0702. The fourth-order valence-electron chi connectivity index (χ4n) is 1.41. The average Bonchev–Trinajstić information content (AvgIpc) is 2.77. The molecule has 2 unspecified atom stereocenters. The highest BCUT2D eigenvalue weighted by molar-refractivity contribution is 7.50. The van der Waals surface area contributed by atoms with Crippen molar-refractivity contribution < 1.29 is 18.6 Å². The number of benzene rings is 1. The van der Waals surface area contributed by atoms with Crippen LogP contribution in [0.5, 0.6) is 0 Å². The molecule has 0 radical (unpaired) electrons. The van der Waals surface area contributed by atoms with Gasteiger partial charge in [-0.2, -0.15) is 0 Å². The molecule has 2 atom stereocenters. The Labute approximate surface area is 101 Å². The molecule has 1 fully saturated rings. The monoisotopic (exact) mass is 255 g/mol. The number of amides is 1. The topological polar surface area (TPSA) is 48.0 Å². The van der Waals surface area contributed by atoms with E-state index < -0.39 is 14.6 Å². The average molecular weight is 255 g/mol. The summed E-state index contributed by atoms with van der Waals surface area (Å²) in [6.45, 7) is 2.40. The van der Waals surface area contributed by atoms with Gasteiger partial charge in [-0.15, -0.1) is 0 Å². The molecule has 0 saturated carbocycles. The molecule has 6 heteroatoms. The van der Waals surface area contributed by atoms with Crippen molar-refractivity contribution in [2.24, 2.45) is 0 Å². The van der Waals surface area contributed by atoms with Gasteiger partial charge in [-0.25, -0.2) is 9.46 Å². The van der Waals surface area contributed by atoms with E-state index in [4.69, 9.17) is 13.8 Å². The number of carbonyl (C=O) groups is 1. The molecule has 0 spiro atoms.